The first-order valence-electron chi connectivity index (χ1n) is 7.20. The highest BCUT2D eigenvalue weighted by Crippen LogP contribution is 2.37. The highest BCUT2D eigenvalue weighted by atomic mass is 16.1. The van der Waals surface area contributed by atoms with Crippen LogP contribution < -0.4 is 5.73 Å². The van der Waals surface area contributed by atoms with Crippen LogP contribution in [0.5, 0.6) is 0 Å². The summed E-state index contributed by atoms with van der Waals surface area (Å²) in [6.07, 6.45) is 7.07. The third-order valence-corrected chi connectivity index (χ3v) is 4.51. The van der Waals surface area contributed by atoms with Crippen molar-refractivity contribution >= 4 is 22.5 Å². The van der Waals surface area contributed by atoms with Crippen molar-refractivity contribution in [3.8, 4) is 0 Å². The Morgan fingerprint density at radius 3 is 2.90 bits per heavy atom. The summed E-state index contributed by atoms with van der Waals surface area (Å²) in [6.45, 7) is 0. The molecule has 21 heavy (non-hydrogen) atoms. The average molecular weight is 284 g/mol. The van der Waals surface area contributed by atoms with Gasteiger partial charge in [-0.15, -0.1) is 5.10 Å². The lowest BCUT2D eigenvalue weighted by Crippen LogP contribution is -2.27. The zero-order chi connectivity index (χ0) is 14.4. The predicted molar refractivity (Wildman–Crippen MR) is 76.5 cm³/mol. The fourth-order valence-electron chi connectivity index (χ4n) is 3.35. The maximum absolute atomic E-state index is 11.3. The molecule has 0 aromatic carbocycles. The fraction of sp³-hybridized carbons (Fsp3) is 0.429. The van der Waals surface area contributed by atoms with Crippen LogP contribution in [0.15, 0.2) is 18.6 Å². The van der Waals surface area contributed by atoms with Crippen LogP contribution in [0.3, 0.4) is 0 Å². The second-order valence-corrected chi connectivity index (χ2v) is 5.70. The quantitative estimate of drug-likeness (QED) is 0.741. The molecule has 0 spiro atoms. The normalized spacial score (nSPS) is 22.9. The van der Waals surface area contributed by atoms with Crippen molar-refractivity contribution in [3.05, 3.63) is 24.3 Å². The van der Waals surface area contributed by atoms with Gasteiger partial charge in [-0.05, 0) is 31.7 Å². The van der Waals surface area contributed by atoms with Gasteiger partial charge in [0.05, 0.1) is 5.69 Å². The van der Waals surface area contributed by atoms with Gasteiger partial charge in [0, 0.05) is 23.4 Å². The van der Waals surface area contributed by atoms with E-state index in [0.717, 1.165) is 47.9 Å². The standard InChI is InChI=1S/C14H16N6O/c15-13(21)9-3-1-8(2-4-9)11-12-10-5-6-16-14(10)17-7-20(12)19-18-11/h5-9,16H,1-4H2,(H2,15,21)/t8-,9-. The summed E-state index contributed by atoms with van der Waals surface area (Å²) in [5.41, 5.74) is 8.27. The zero-order valence-electron chi connectivity index (χ0n) is 11.5. The summed E-state index contributed by atoms with van der Waals surface area (Å²) in [5.74, 6) is 0.161. The first-order valence-corrected chi connectivity index (χ1v) is 7.20. The molecule has 3 N–H and O–H groups in total. The van der Waals surface area contributed by atoms with Gasteiger partial charge in [0.1, 0.15) is 17.5 Å². The Morgan fingerprint density at radius 1 is 1.33 bits per heavy atom. The van der Waals surface area contributed by atoms with Crippen molar-refractivity contribution in [2.75, 3.05) is 0 Å². The minimum atomic E-state index is -0.182. The van der Waals surface area contributed by atoms with E-state index in [-0.39, 0.29) is 11.8 Å². The Kier molecular flexibility index (Phi) is 2.66. The lowest BCUT2D eigenvalue weighted by Gasteiger charge is -2.25. The number of nitrogens with one attached hydrogen (secondary N) is 1. The molecule has 1 amide bonds. The van der Waals surface area contributed by atoms with Crippen LogP contribution in [0, 0.1) is 5.92 Å². The lowest BCUT2D eigenvalue weighted by atomic mass is 9.80. The number of nitrogens with zero attached hydrogens (tertiary/aromatic N) is 4. The molecular weight excluding hydrogens is 268 g/mol. The first-order chi connectivity index (χ1) is 10.2. The maximum atomic E-state index is 11.3. The van der Waals surface area contributed by atoms with Gasteiger partial charge in [-0.3, -0.25) is 4.79 Å². The number of H-pyrrole nitrogens is 1. The van der Waals surface area contributed by atoms with E-state index in [1.54, 1.807) is 10.8 Å². The van der Waals surface area contributed by atoms with E-state index in [4.69, 9.17) is 5.73 Å². The number of carbonyl (C=O) groups is 1. The van der Waals surface area contributed by atoms with Crippen LogP contribution in [0.2, 0.25) is 0 Å². The number of primary amides is 1. The number of aromatic amines is 1. The number of amides is 1. The molecule has 1 aliphatic carbocycles. The van der Waals surface area contributed by atoms with Crippen LogP contribution in [-0.4, -0.2) is 30.7 Å². The fourth-order valence-corrected chi connectivity index (χ4v) is 3.35. The van der Waals surface area contributed by atoms with Gasteiger partial charge in [-0.1, -0.05) is 5.21 Å². The van der Waals surface area contributed by atoms with Gasteiger partial charge in [0.25, 0.3) is 0 Å². The van der Waals surface area contributed by atoms with E-state index in [2.05, 4.69) is 20.3 Å². The molecule has 3 aromatic rings. The topological polar surface area (TPSA) is 102 Å². The summed E-state index contributed by atoms with van der Waals surface area (Å²) in [7, 11) is 0. The molecule has 0 radical (unpaired) electrons. The van der Waals surface area contributed by atoms with Crippen LogP contribution in [0.1, 0.15) is 37.3 Å². The van der Waals surface area contributed by atoms with E-state index in [1.165, 1.54) is 0 Å². The van der Waals surface area contributed by atoms with E-state index in [1.807, 2.05) is 12.3 Å². The molecule has 0 aliphatic heterocycles. The van der Waals surface area contributed by atoms with Crippen LogP contribution in [-0.2, 0) is 4.79 Å². The summed E-state index contributed by atoms with van der Waals surface area (Å²) >= 11 is 0. The Morgan fingerprint density at radius 2 is 2.14 bits per heavy atom. The van der Waals surface area contributed by atoms with Crippen molar-refractivity contribution in [2.45, 2.75) is 31.6 Å². The minimum Gasteiger partial charge on any atom is -0.369 e. The van der Waals surface area contributed by atoms with Gasteiger partial charge < -0.3 is 10.7 Å². The van der Waals surface area contributed by atoms with Gasteiger partial charge in [-0.2, -0.15) is 0 Å². The van der Waals surface area contributed by atoms with Gasteiger partial charge in [0.2, 0.25) is 5.91 Å². The van der Waals surface area contributed by atoms with Crippen molar-refractivity contribution in [3.63, 3.8) is 0 Å². The predicted octanol–water partition coefficient (Wildman–Crippen LogP) is 1.36. The second-order valence-electron chi connectivity index (χ2n) is 5.70. The Hall–Kier alpha value is -2.44. The number of carbonyl (C=O) groups excluding carboxylic acids is 1. The van der Waals surface area contributed by atoms with E-state index in [0.29, 0.717) is 5.92 Å². The summed E-state index contributed by atoms with van der Waals surface area (Å²) in [4.78, 5) is 18.7. The monoisotopic (exact) mass is 284 g/mol. The van der Waals surface area contributed by atoms with Crippen molar-refractivity contribution in [1.29, 1.82) is 0 Å². The smallest absolute Gasteiger partial charge is 0.220 e. The molecule has 0 unspecified atom stereocenters. The van der Waals surface area contributed by atoms with Crippen LogP contribution >= 0.6 is 0 Å². The molecule has 7 heteroatoms. The minimum absolute atomic E-state index is 0.0111. The highest BCUT2D eigenvalue weighted by molar-refractivity contribution is 5.92. The van der Waals surface area contributed by atoms with Gasteiger partial charge in [0.15, 0.2) is 0 Å². The van der Waals surface area contributed by atoms with Gasteiger partial charge in [-0.25, -0.2) is 9.50 Å². The van der Waals surface area contributed by atoms with Crippen molar-refractivity contribution in [2.24, 2.45) is 11.7 Å². The first kappa shape index (κ1) is 12.3. The third kappa shape index (κ3) is 1.88. The number of fused-ring (bicyclic) bond motifs is 3. The van der Waals surface area contributed by atoms with Gasteiger partial charge >= 0.3 is 0 Å². The number of nitrogens with two attached hydrogens (primary N) is 1. The Bertz CT molecular complexity index is 811. The molecule has 1 aliphatic rings. The molecule has 7 nitrogen and oxygen atoms in total. The molecule has 1 fully saturated rings. The lowest BCUT2D eigenvalue weighted by molar-refractivity contribution is -0.122. The van der Waals surface area contributed by atoms with E-state index < -0.39 is 0 Å². The summed E-state index contributed by atoms with van der Waals surface area (Å²) in [6, 6.07) is 2.00. The van der Waals surface area contributed by atoms with Crippen molar-refractivity contribution < 1.29 is 4.79 Å². The molecule has 0 saturated heterocycles. The molecule has 0 bridgehead atoms. The summed E-state index contributed by atoms with van der Waals surface area (Å²) in [5, 5.41) is 9.57. The number of aromatic nitrogens is 5. The van der Waals surface area contributed by atoms with Crippen molar-refractivity contribution in [1.82, 2.24) is 24.8 Å². The average Bonchev–Trinajstić information content (AvgIpc) is 3.13. The molecule has 1 saturated carbocycles. The largest absolute Gasteiger partial charge is 0.369 e. The van der Waals surface area contributed by atoms with Crippen LogP contribution in [0.25, 0.3) is 16.6 Å². The van der Waals surface area contributed by atoms with Crippen LogP contribution in [0.4, 0.5) is 0 Å². The molecule has 4 rings (SSSR count). The molecule has 3 heterocycles. The number of rotatable bonds is 2. The Labute approximate surface area is 120 Å². The number of hydrogen-bond donors (Lipinski definition) is 2. The molecule has 0 atom stereocenters. The Balaban J connectivity index is 1.74. The SMILES string of the molecule is NC(=O)[C@H]1CC[C@H](c2nnn3cnc4[nH]ccc4c23)CC1. The maximum Gasteiger partial charge on any atom is 0.220 e. The molecular formula is C14H16N6O. The third-order valence-electron chi connectivity index (χ3n) is 4.51. The van der Waals surface area contributed by atoms with E-state index >= 15 is 0 Å². The molecule has 3 aromatic heterocycles. The summed E-state index contributed by atoms with van der Waals surface area (Å²) < 4.78 is 1.73. The number of hydrogen-bond acceptors (Lipinski definition) is 4. The van der Waals surface area contributed by atoms with E-state index in [9.17, 15) is 4.79 Å². The molecule has 108 valence electrons. The second kappa shape index (κ2) is 4.54. The zero-order valence-corrected chi connectivity index (χ0v) is 11.5. The highest BCUT2D eigenvalue weighted by Gasteiger charge is 2.28.